The Kier molecular flexibility index (Phi) is 26.1. The first-order chi connectivity index (χ1) is 41.7. The second-order valence-corrected chi connectivity index (χ2v) is 23.3. The molecule has 9 rings (SSSR count). The molecule has 0 radical (unpaired) electrons. The van der Waals surface area contributed by atoms with Crippen LogP contribution in [0.4, 0.5) is 0 Å². The Morgan fingerprint density at radius 3 is 1.47 bits per heavy atom. The van der Waals surface area contributed by atoms with Crippen LogP contribution in [0, 0.1) is 0 Å². The summed E-state index contributed by atoms with van der Waals surface area (Å²) in [5.74, 6) is 1.66. The fourth-order valence-electron chi connectivity index (χ4n) is 10.6. The van der Waals surface area contributed by atoms with E-state index >= 15 is 0 Å². The van der Waals surface area contributed by atoms with Crippen LogP contribution in [0.2, 0.25) is 0 Å². The van der Waals surface area contributed by atoms with Gasteiger partial charge in [-0.25, -0.2) is 9.97 Å². The number of phosphoric acid groups is 1. The first kappa shape index (κ1) is 65.6. The van der Waals surface area contributed by atoms with Crippen molar-refractivity contribution in [1.82, 2.24) is 45.2 Å². The first-order valence-electron chi connectivity index (χ1n) is 30.9. The van der Waals surface area contributed by atoms with Crippen LogP contribution in [0.15, 0.2) is 91.0 Å². The molecule has 452 valence electrons. The van der Waals surface area contributed by atoms with Crippen molar-refractivity contribution in [2.45, 2.75) is 154 Å². The van der Waals surface area contributed by atoms with Gasteiger partial charge in [-0.3, -0.25) is 14.2 Å². The molecule has 7 aromatic rings. The van der Waals surface area contributed by atoms with Crippen molar-refractivity contribution >= 4 is 63.9 Å². The second kappa shape index (κ2) is 34.2. The van der Waals surface area contributed by atoms with Gasteiger partial charge in [0.05, 0.1) is 36.4 Å². The molecule has 2 aliphatic heterocycles. The molecule has 2 unspecified atom stereocenters. The van der Waals surface area contributed by atoms with Gasteiger partial charge in [-0.15, -0.1) is 0 Å². The SMILES string of the molecule is CCCCCCCCCCCCCCCCC(=O)OCC(COP(=O)([O-])OCC[NH3+])OC(=O)CCCCCCCCNCCOc1ccc2c(c1)-c1nc-2nc2[n-]c(nc3nc(nc4[n-]c(n1)c1ccccc41)-c1ccccc1-3)c1ccccc21.[Zn+2]. The van der Waals surface area contributed by atoms with Gasteiger partial charge in [-0.1, -0.05) is 189 Å². The number of aromatic nitrogens is 8. The molecule has 21 heteroatoms. The normalized spacial score (nSPS) is 12.8. The van der Waals surface area contributed by atoms with Crippen molar-refractivity contribution in [3.8, 4) is 51.3 Å². The van der Waals surface area contributed by atoms with Gasteiger partial charge in [-0.05, 0) is 65.6 Å². The van der Waals surface area contributed by atoms with Crippen molar-refractivity contribution in [1.29, 1.82) is 0 Å². The summed E-state index contributed by atoms with van der Waals surface area (Å²) >= 11 is 0. The molecular formula is C65H81N10O9PZn. The van der Waals surface area contributed by atoms with Crippen LogP contribution in [-0.4, -0.2) is 94.0 Å². The number of esters is 2. The second-order valence-electron chi connectivity index (χ2n) is 21.9. The van der Waals surface area contributed by atoms with Gasteiger partial charge in [0.2, 0.25) is 0 Å². The monoisotopic (exact) mass is 1240 g/mol. The molecule has 0 saturated heterocycles. The summed E-state index contributed by atoms with van der Waals surface area (Å²) in [6, 6.07) is 29.5. The van der Waals surface area contributed by atoms with E-state index in [0.29, 0.717) is 77.6 Å². The maximum atomic E-state index is 12.9. The Balaban J connectivity index is 0.00000961. The number of nitrogens with zero attached hydrogens (tertiary/aromatic N) is 8. The number of quaternary nitrogens is 1. The number of unbranched alkanes of at least 4 members (excludes halogenated alkanes) is 18. The molecular weight excluding hydrogens is 1160 g/mol. The number of fused-ring (bicyclic) bond motifs is 20. The van der Waals surface area contributed by atoms with Crippen LogP contribution in [0.5, 0.6) is 5.75 Å². The Morgan fingerprint density at radius 1 is 0.523 bits per heavy atom. The molecule has 0 aliphatic carbocycles. The third kappa shape index (κ3) is 19.1. The minimum Gasteiger partial charge on any atom is -0.756 e. The number of carbonyl (C=O) groups is 2. The molecule has 0 saturated carbocycles. The maximum absolute atomic E-state index is 12.9. The van der Waals surface area contributed by atoms with Gasteiger partial charge < -0.3 is 69.1 Å². The smallest absolute Gasteiger partial charge is 0.756 e. The van der Waals surface area contributed by atoms with Crippen molar-refractivity contribution in [2.75, 3.05) is 46.1 Å². The molecule has 2 atom stereocenters. The molecule has 86 heavy (non-hydrogen) atoms. The van der Waals surface area contributed by atoms with Gasteiger partial charge >= 0.3 is 31.4 Å². The summed E-state index contributed by atoms with van der Waals surface area (Å²) in [7, 11) is -4.65. The Labute approximate surface area is 516 Å². The molecule has 2 aliphatic rings. The quantitative estimate of drug-likeness (QED) is 0.0159. The predicted octanol–water partition coefficient (Wildman–Crippen LogP) is 11.9. The number of hydrogen-bond acceptors (Lipinski definition) is 16. The summed E-state index contributed by atoms with van der Waals surface area (Å²) in [6.45, 7) is 3.44. The summed E-state index contributed by atoms with van der Waals surface area (Å²) in [5.41, 5.74) is 8.79. The van der Waals surface area contributed by atoms with E-state index in [1.165, 1.54) is 64.2 Å². The zero-order chi connectivity index (χ0) is 59.1. The summed E-state index contributed by atoms with van der Waals surface area (Å²) in [4.78, 5) is 77.8. The molecule has 4 aromatic carbocycles. The van der Waals surface area contributed by atoms with Gasteiger partial charge in [0.15, 0.2) is 6.10 Å². The van der Waals surface area contributed by atoms with E-state index in [2.05, 4.69) is 18.0 Å². The van der Waals surface area contributed by atoms with E-state index in [-0.39, 0.29) is 52.1 Å². The van der Waals surface area contributed by atoms with E-state index in [1.807, 2.05) is 91.0 Å². The van der Waals surface area contributed by atoms with Crippen molar-refractivity contribution in [3.63, 3.8) is 0 Å². The number of benzene rings is 4. The number of ether oxygens (including phenoxy) is 3. The fraction of sp³-hybridized carbons (Fsp3) is 0.477. The Morgan fingerprint density at radius 2 is 0.965 bits per heavy atom. The third-order valence-corrected chi connectivity index (χ3v) is 16.2. The number of rotatable bonds is 37. The van der Waals surface area contributed by atoms with E-state index in [0.717, 1.165) is 102 Å². The third-order valence-electron chi connectivity index (χ3n) is 15.2. The fourth-order valence-corrected chi connectivity index (χ4v) is 11.4. The molecule has 0 fully saturated rings. The largest absolute Gasteiger partial charge is 2.00 e. The van der Waals surface area contributed by atoms with Gasteiger partial charge in [0, 0.05) is 64.2 Å². The zero-order valence-electron chi connectivity index (χ0n) is 49.9. The van der Waals surface area contributed by atoms with Crippen molar-refractivity contribution in [3.05, 3.63) is 91.0 Å². The molecule has 19 nitrogen and oxygen atoms in total. The maximum Gasteiger partial charge on any atom is 2.00 e. The van der Waals surface area contributed by atoms with Crippen LogP contribution >= 0.6 is 7.82 Å². The van der Waals surface area contributed by atoms with Crippen LogP contribution in [0.25, 0.3) is 89.7 Å². The average molecular weight is 1240 g/mol. The van der Waals surface area contributed by atoms with Crippen LogP contribution in [0.1, 0.15) is 148 Å². The van der Waals surface area contributed by atoms with Gasteiger partial charge in [-0.2, -0.15) is 0 Å². The molecule has 8 bridgehead atoms. The Bertz CT molecular complexity index is 3540. The summed E-state index contributed by atoms with van der Waals surface area (Å²) in [5, 5.41) is 6.83. The van der Waals surface area contributed by atoms with Crippen LogP contribution in [-0.2, 0) is 52.2 Å². The topological polar surface area (TPSA) is 266 Å². The molecule has 4 N–H and O–H groups in total. The number of hydrogen-bond donors (Lipinski definition) is 2. The zero-order valence-corrected chi connectivity index (χ0v) is 53.7. The van der Waals surface area contributed by atoms with E-state index in [4.69, 9.17) is 63.1 Å². The molecule has 5 heterocycles. The standard InChI is InChI=1S/C65H81N10O9P.Zn/c1-2-3-4-5-6-7-8-9-10-11-12-13-16-19-34-56(76)81-44-47(45-83-85(78,79)82-41-38-66)84-57(77)35-20-17-14-15-18-27-39-67-40-42-80-46-36-37-54-55(43-46)65-74-63-53-33-26-25-32-52(53)61(72-63)70-59-49-29-22-21-28-48(49)58(68-59)69-60-50-30-23-24-31-51(50)62(71-60)73-64(54)75-65;/h21-26,28-33,36-37,43,47,67H,2-20,27,34-35,38-42,44-45,66H2,1H3,(H-2,68,69,70,71,72,73,74,75,78,79);/q-2;+2. The Hall–Kier alpha value is -6.37. The number of nitrogens with one attached hydrogen (secondary N) is 1. The van der Waals surface area contributed by atoms with E-state index in [1.54, 1.807) is 0 Å². The van der Waals surface area contributed by atoms with Crippen molar-refractivity contribution < 1.29 is 67.5 Å². The molecule has 3 aromatic heterocycles. The summed E-state index contributed by atoms with van der Waals surface area (Å²) < 4.78 is 39.3. The average Bonchev–Trinajstić information content (AvgIpc) is 4.29. The van der Waals surface area contributed by atoms with Crippen LogP contribution < -0.4 is 30.6 Å². The van der Waals surface area contributed by atoms with Gasteiger partial charge in [0.25, 0.3) is 7.82 Å². The first-order valence-corrected chi connectivity index (χ1v) is 32.3. The molecule has 0 spiro atoms. The number of carbonyl (C=O) groups excluding carboxylic acids is 2. The predicted molar refractivity (Wildman–Crippen MR) is 328 cm³/mol. The minimum absolute atomic E-state index is 0. The summed E-state index contributed by atoms with van der Waals surface area (Å²) in [6.07, 6.45) is 21.7. The van der Waals surface area contributed by atoms with Crippen molar-refractivity contribution in [2.24, 2.45) is 0 Å². The van der Waals surface area contributed by atoms with Gasteiger partial charge in [0.1, 0.15) is 25.6 Å². The minimum atomic E-state index is -4.65. The van der Waals surface area contributed by atoms with Crippen LogP contribution in [0.3, 0.4) is 0 Å². The number of phosphoric ester groups is 1. The van der Waals surface area contributed by atoms with E-state index in [9.17, 15) is 19.0 Å². The molecule has 0 amide bonds. The van der Waals surface area contributed by atoms with E-state index < -0.39 is 32.5 Å².